The number of nitrogens with zero attached hydrogens (tertiary/aromatic N) is 2. The van der Waals surface area contributed by atoms with Crippen molar-refractivity contribution in [1.29, 1.82) is 0 Å². The maximum atomic E-state index is 12.2. The van der Waals surface area contributed by atoms with Crippen molar-refractivity contribution in [2.75, 3.05) is 5.75 Å². The van der Waals surface area contributed by atoms with E-state index in [2.05, 4.69) is 20.8 Å². The third kappa shape index (κ3) is 3.59. The number of amides is 2. The normalized spacial score (nSPS) is 19.6. The highest BCUT2D eigenvalue weighted by molar-refractivity contribution is 8.01. The molecule has 0 spiro atoms. The maximum absolute atomic E-state index is 12.2. The number of rotatable bonds is 4. The number of hydrogen-bond acceptors (Lipinski definition) is 6. The molecule has 2 aromatic heterocycles. The molecule has 7 nitrogen and oxygen atoms in total. The van der Waals surface area contributed by atoms with Crippen LogP contribution in [0.5, 0.6) is 0 Å². The van der Waals surface area contributed by atoms with Crippen LogP contribution in [0, 0.1) is 0 Å². The Balaban J connectivity index is 1.56. The van der Waals surface area contributed by atoms with Gasteiger partial charge in [0.25, 0.3) is 0 Å². The summed E-state index contributed by atoms with van der Waals surface area (Å²) in [5, 5.41) is 9.48. The van der Waals surface area contributed by atoms with E-state index in [9.17, 15) is 9.59 Å². The van der Waals surface area contributed by atoms with E-state index >= 15 is 0 Å². The highest BCUT2D eigenvalue weighted by Gasteiger charge is 2.37. The zero-order valence-electron chi connectivity index (χ0n) is 13.4. The molecule has 0 unspecified atom stereocenters. The number of hydrogen-bond donors (Lipinski definition) is 2. The van der Waals surface area contributed by atoms with E-state index in [-0.39, 0.29) is 18.4 Å². The van der Waals surface area contributed by atoms with Gasteiger partial charge < -0.3 is 15.2 Å². The predicted molar refractivity (Wildman–Crippen MR) is 90.0 cm³/mol. The summed E-state index contributed by atoms with van der Waals surface area (Å²) in [5.74, 6) is 0.725. The first-order valence-corrected chi connectivity index (χ1v) is 8.53. The number of aromatic nitrogens is 2. The van der Waals surface area contributed by atoms with Crippen molar-refractivity contribution < 1.29 is 14.1 Å². The number of pyridine rings is 1. The van der Waals surface area contributed by atoms with E-state index in [1.54, 1.807) is 18.5 Å². The zero-order chi connectivity index (χ0) is 17.2. The van der Waals surface area contributed by atoms with Crippen LogP contribution in [0.3, 0.4) is 0 Å². The third-order valence-electron chi connectivity index (χ3n) is 3.73. The molecule has 0 aliphatic carbocycles. The van der Waals surface area contributed by atoms with Gasteiger partial charge in [-0.3, -0.25) is 14.6 Å². The van der Waals surface area contributed by atoms with Crippen molar-refractivity contribution in [3.63, 3.8) is 0 Å². The fourth-order valence-corrected chi connectivity index (χ4v) is 3.22. The van der Waals surface area contributed by atoms with Crippen molar-refractivity contribution in [1.82, 2.24) is 20.8 Å². The number of carbonyl (C=O) groups excluding carboxylic acids is 2. The molecular formula is C16H18N4O3S. The van der Waals surface area contributed by atoms with Crippen LogP contribution in [-0.4, -0.2) is 38.5 Å². The van der Waals surface area contributed by atoms with E-state index < -0.39 is 10.8 Å². The van der Waals surface area contributed by atoms with Gasteiger partial charge in [-0.05, 0) is 26.0 Å². The molecule has 8 heteroatoms. The molecule has 126 valence electrons. The topological polar surface area (TPSA) is 97.1 Å². The molecule has 2 amide bonds. The van der Waals surface area contributed by atoms with E-state index in [0.717, 1.165) is 5.56 Å². The van der Waals surface area contributed by atoms with E-state index in [4.69, 9.17) is 4.52 Å². The lowest BCUT2D eigenvalue weighted by Gasteiger charge is -2.32. The summed E-state index contributed by atoms with van der Waals surface area (Å²) in [7, 11) is 0. The number of carbonyl (C=O) groups is 2. The monoisotopic (exact) mass is 346 g/mol. The SMILES string of the molecule is CC1(C)SC[C@@H](C(=O)NCc2cc(-c3cccnc3)no2)NC1=O. The van der Waals surface area contributed by atoms with Crippen molar-refractivity contribution in [2.45, 2.75) is 31.2 Å². The number of nitrogens with one attached hydrogen (secondary N) is 2. The van der Waals surface area contributed by atoms with Crippen LogP contribution < -0.4 is 10.6 Å². The smallest absolute Gasteiger partial charge is 0.243 e. The van der Waals surface area contributed by atoms with Crippen LogP contribution in [0.4, 0.5) is 0 Å². The molecule has 0 bridgehead atoms. The zero-order valence-corrected chi connectivity index (χ0v) is 14.2. The van der Waals surface area contributed by atoms with Crippen LogP contribution in [0.15, 0.2) is 35.1 Å². The van der Waals surface area contributed by atoms with Gasteiger partial charge in [-0.15, -0.1) is 11.8 Å². The average Bonchev–Trinajstić information content (AvgIpc) is 3.05. The lowest BCUT2D eigenvalue weighted by molar-refractivity contribution is -0.129. The Morgan fingerprint density at radius 1 is 1.54 bits per heavy atom. The van der Waals surface area contributed by atoms with Crippen molar-refractivity contribution in [3.05, 3.63) is 36.4 Å². The van der Waals surface area contributed by atoms with E-state index in [0.29, 0.717) is 17.2 Å². The number of thioether (sulfide) groups is 1. The third-order valence-corrected chi connectivity index (χ3v) is 5.14. The summed E-state index contributed by atoms with van der Waals surface area (Å²) >= 11 is 1.47. The largest absolute Gasteiger partial charge is 0.359 e. The fraction of sp³-hybridized carbons (Fsp3) is 0.375. The minimum absolute atomic E-state index is 0.127. The first kappa shape index (κ1) is 16.5. The molecule has 0 aromatic carbocycles. The second-order valence-corrected chi connectivity index (χ2v) is 7.63. The van der Waals surface area contributed by atoms with Gasteiger partial charge in [0.15, 0.2) is 5.76 Å². The van der Waals surface area contributed by atoms with Crippen molar-refractivity contribution >= 4 is 23.6 Å². The molecule has 2 aromatic rings. The Bertz CT molecular complexity index is 745. The summed E-state index contributed by atoms with van der Waals surface area (Å²) in [5.41, 5.74) is 1.51. The van der Waals surface area contributed by atoms with Gasteiger partial charge in [-0.2, -0.15) is 0 Å². The van der Waals surface area contributed by atoms with Crippen molar-refractivity contribution in [2.24, 2.45) is 0 Å². The lowest BCUT2D eigenvalue weighted by Crippen LogP contribution is -2.56. The Morgan fingerprint density at radius 2 is 2.38 bits per heavy atom. The maximum Gasteiger partial charge on any atom is 0.243 e. The van der Waals surface area contributed by atoms with Crippen LogP contribution in [0.2, 0.25) is 0 Å². The molecule has 24 heavy (non-hydrogen) atoms. The fourth-order valence-electron chi connectivity index (χ4n) is 2.22. The van der Waals surface area contributed by atoms with Gasteiger partial charge in [0.2, 0.25) is 11.8 Å². The van der Waals surface area contributed by atoms with Gasteiger partial charge in [0, 0.05) is 29.8 Å². The second-order valence-electron chi connectivity index (χ2n) is 5.99. The van der Waals surface area contributed by atoms with Crippen LogP contribution >= 0.6 is 11.8 Å². The Hall–Kier alpha value is -2.35. The van der Waals surface area contributed by atoms with Crippen molar-refractivity contribution in [3.8, 4) is 11.3 Å². The highest BCUT2D eigenvalue weighted by atomic mass is 32.2. The molecule has 3 rings (SSSR count). The molecule has 0 saturated carbocycles. The van der Waals surface area contributed by atoms with Crippen LogP contribution in [-0.2, 0) is 16.1 Å². The Kier molecular flexibility index (Phi) is 4.57. The quantitative estimate of drug-likeness (QED) is 0.868. The highest BCUT2D eigenvalue weighted by Crippen LogP contribution is 2.29. The summed E-state index contributed by atoms with van der Waals surface area (Å²) in [4.78, 5) is 28.1. The minimum Gasteiger partial charge on any atom is -0.359 e. The molecule has 1 aliphatic rings. The first-order valence-electron chi connectivity index (χ1n) is 7.54. The molecule has 1 aliphatic heterocycles. The Labute approximate surface area is 143 Å². The van der Waals surface area contributed by atoms with Gasteiger partial charge >= 0.3 is 0 Å². The molecule has 0 radical (unpaired) electrons. The molecule has 1 fully saturated rings. The van der Waals surface area contributed by atoms with Gasteiger partial charge in [-0.25, -0.2) is 0 Å². The summed E-state index contributed by atoms with van der Waals surface area (Å²) in [6.45, 7) is 3.90. The lowest BCUT2D eigenvalue weighted by atomic mass is 10.1. The average molecular weight is 346 g/mol. The summed E-state index contributed by atoms with van der Waals surface area (Å²) in [6, 6.07) is 4.92. The van der Waals surface area contributed by atoms with Crippen LogP contribution in [0.25, 0.3) is 11.3 Å². The second kappa shape index (κ2) is 6.64. The minimum atomic E-state index is -0.531. The van der Waals surface area contributed by atoms with E-state index in [1.807, 2.05) is 26.0 Å². The van der Waals surface area contributed by atoms with Gasteiger partial charge in [0.05, 0.1) is 11.3 Å². The summed E-state index contributed by atoms with van der Waals surface area (Å²) < 4.78 is 4.73. The van der Waals surface area contributed by atoms with Gasteiger partial charge in [-0.1, -0.05) is 5.16 Å². The Morgan fingerprint density at radius 3 is 3.08 bits per heavy atom. The molecule has 1 saturated heterocycles. The van der Waals surface area contributed by atoms with E-state index in [1.165, 1.54) is 11.8 Å². The molecule has 2 N–H and O–H groups in total. The molecular weight excluding hydrogens is 328 g/mol. The predicted octanol–water partition coefficient (Wildman–Crippen LogP) is 1.36. The molecule has 1 atom stereocenters. The first-order chi connectivity index (χ1) is 11.5. The van der Waals surface area contributed by atoms with Gasteiger partial charge in [0.1, 0.15) is 11.7 Å². The molecule has 3 heterocycles. The standard InChI is InChI=1S/C16H18N4O3S/c1-16(2)15(22)19-13(9-24-16)14(21)18-8-11-6-12(20-23-11)10-4-3-5-17-7-10/h3-7,13H,8-9H2,1-2H3,(H,18,21)(H,19,22)/t13-/m0/s1. The van der Waals surface area contributed by atoms with Crippen LogP contribution in [0.1, 0.15) is 19.6 Å². The summed E-state index contributed by atoms with van der Waals surface area (Å²) in [6.07, 6.45) is 3.37.